The second kappa shape index (κ2) is 8.12. The number of carbonyl (C=O) groups is 1. The van der Waals surface area contributed by atoms with Crippen LogP contribution >= 0.6 is 34.5 Å². The molecule has 0 bridgehead atoms. The molecule has 2 aromatic carbocycles. The Morgan fingerprint density at radius 2 is 2.03 bits per heavy atom. The molecule has 0 radical (unpaired) electrons. The van der Waals surface area contributed by atoms with E-state index in [0.717, 1.165) is 10.8 Å². The fourth-order valence-corrected chi connectivity index (χ4v) is 4.47. The van der Waals surface area contributed by atoms with Gasteiger partial charge in [0.2, 0.25) is 0 Å². The SMILES string of the molecule is COCCn1c(=NC(=O)c2cc(=O)c3ccccc3o2)sc2ccc(Cl)c(Cl)c21. The maximum absolute atomic E-state index is 12.8. The Labute approximate surface area is 178 Å². The lowest BCUT2D eigenvalue weighted by Gasteiger charge is -2.06. The highest BCUT2D eigenvalue weighted by Crippen LogP contribution is 2.32. The molecule has 4 rings (SSSR count). The number of ether oxygens (including phenoxy) is 1. The van der Waals surface area contributed by atoms with Crippen molar-refractivity contribution in [1.82, 2.24) is 4.57 Å². The first-order valence-electron chi connectivity index (χ1n) is 8.58. The van der Waals surface area contributed by atoms with E-state index >= 15 is 0 Å². The van der Waals surface area contributed by atoms with E-state index < -0.39 is 5.91 Å². The number of hydrogen-bond donors (Lipinski definition) is 0. The predicted molar refractivity (Wildman–Crippen MR) is 114 cm³/mol. The molecule has 0 atom stereocenters. The van der Waals surface area contributed by atoms with Crippen LogP contribution in [0.15, 0.2) is 56.7 Å². The van der Waals surface area contributed by atoms with Crippen LogP contribution in [0.5, 0.6) is 0 Å². The van der Waals surface area contributed by atoms with E-state index in [-0.39, 0.29) is 11.2 Å². The number of benzene rings is 2. The summed E-state index contributed by atoms with van der Waals surface area (Å²) in [5.74, 6) is -0.790. The van der Waals surface area contributed by atoms with Gasteiger partial charge in [0.05, 0.1) is 32.3 Å². The van der Waals surface area contributed by atoms with Gasteiger partial charge in [-0.2, -0.15) is 4.99 Å². The minimum Gasteiger partial charge on any atom is -0.451 e. The molecule has 0 aliphatic heterocycles. The largest absolute Gasteiger partial charge is 0.451 e. The maximum Gasteiger partial charge on any atom is 0.315 e. The van der Waals surface area contributed by atoms with Gasteiger partial charge in [-0.3, -0.25) is 9.59 Å². The first kappa shape index (κ1) is 19.8. The van der Waals surface area contributed by atoms with Crippen LogP contribution < -0.4 is 10.2 Å². The number of nitrogens with zero attached hydrogens (tertiary/aromatic N) is 2. The van der Waals surface area contributed by atoms with E-state index in [1.807, 2.05) is 6.07 Å². The molecule has 0 spiro atoms. The van der Waals surface area contributed by atoms with Gasteiger partial charge in [-0.05, 0) is 24.3 Å². The molecule has 9 heteroatoms. The second-order valence-corrected chi connectivity index (χ2v) is 7.92. The standard InChI is InChI=1S/C20H14Cl2N2O4S/c1-27-9-8-24-18-16(7-6-12(21)17(18)22)29-20(24)23-19(26)15-10-13(25)11-4-2-3-5-14(11)28-15/h2-7,10H,8-9H2,1H3. The Morgan fingerprint density at radius 1 is 1.24 bits per heavy atom. The average molecular weight is 449 g/mol. The van der Waals surface area contributed by atoms with Crippen LogP contribution in [0.2, 0.25) is 10.0 Å². The summed E-state index contributed by atoms with van der Waals surface area (Å²) in [4.78, 5) is 29.6. The molecule has 0 N–H and O–H groups in total. The zero-order valence-corrected chi connectivity index (χ0v) is 17.5. The smallest absolute Gasteiger partial charge is 0.315 e. The van der Waals surface area contributed by atoms with Gasteiger partial charge in [0.15, 0.2) is 16.0 Å². The fourth-order valence-electron chi connectivity index (χ4n) is 2.93. The topological polar surface area (TPSA) is 73.8 Å². The van der Waals surface area contributed by atoms with Crippen LogP contribution in [0, 0.1) is 0 Å². The number of thiazole rings is 1. The Hall–Kier alpha value is -2.45. The molecule has 1 amide bonds. The first-order chi connectivity index (χ1) is 14.0. The molecule has 0 unspecified atom stereocenters. The summed E-state index contributed by atoms with van der Waals surface area (Å²) in [7, 11) is 1.58. The van der Waals surface area contributed by atoms with Crippen molar-refractivity contribution in [1.29, 1.82) is 0 Å². The molecule has 6 nitrogen and oxygen atoms in total. The molecule has 0 saturated carbocycles. The maximum atomic E-state index is 12.8. The third kappa shape index (κ3) is 3.74. The Kier molecular flexibility index (Phi) is 5.56. The molecule has 2 heterocycles. The van der Waals surface area contributed by atoms with Crippen molar-refractivity contribution in [2.75, 3.05) is 13.7 Å². The molecular weight excluding hydrogens is 435 g/mol. The van der Waals surface area contributed by atoms with Crippen LogP contribution in [0.25, 0.3) is 21.2 Å². The number of rotatable bonds is 4. The number of methoxy groups -OCH3 is 1. The van der Waals surface area contributed by atoms with Crippen molar-refractivity contribution in [3.63, 3.8) is 0 Å². The highest BCUT2D eigenvalue weighted by molar-refractivity contribution is 7.16. The minimum absolute atomic E-state index is 0.131. The van der Waals surface area contributed by atoms with Gasteiger partial charge in [-0.15, -0.1) is 0 Å². The lowest BCUT2D eigenvalue weighted by atomic mass is 10.2. The summed E-state index contributed by atoms with van der Waals surface area (Å²) in [6.07, 6.45) is 0. The third-order valence-corrected chi connectivity index (χ3v) is 6.13. The van der Waals surface area contributed by atoms with Crippen molar-refractivity contribution < 1.29 is 13.9 Å². The van der Waals surface area contributed by atoms with Gasteiger partial charge in [0, 0.05) is 19.7 Å². The Morgan fingerprint density at radius 3 is 2.83 bits per heavy atom. The summed E-state index contributed by atoms with van der Waals surface area (Å²) < 4.78 is 13.4. The van der Waals surface area contributed by atoms with Crippen LogP contribution in [0.3, 0.4) is 0 Å². The predicted octanol–water partition coefficient (Wildman–Crippen LogP) is 4.50. The van der Waals surface area contributed by atoms with E-state index in [9.17, 15) is 9.59 Å². The van der Waals surface area contributed by atoms with Gasteiger partial charge in [0.25, 0.3) is 0 Å². The molecule has 0 saturated heterocycles. The number of aromatic nitrogens is 1. The molecule has 0 aliphatic carbocycles. The van der Waals surface area contributed by atoms with E-state index in [1.54, 1.807) is 42.0 Å². The number of hydrogen-bond acceptors (Lipinski definition) is 5. The van der Waals surface area contributed by atoms with Gasteiger partial charge in [-0.25, -0.2) is 0 Å². The number of halogens is 2. The summed E-state index contributed by atoms with van der Waals surface area (Å²) >= 11 is 13.8. The quantitative estimate of drug-likeness (QED) is 0.460. The van der Waals surface area contributed by atoms with Crippen molar-refractivity contribution in [3.8, 4) is 0 Å². The number of fused-ring (bicyclic) bond motifs is 2. The monoisotopic (exact) mass is 448 g/mol. The van der Waals surface area contributed by atoms with Gasteiger partial charge < -0.3 is 13.7 Å². The van der Waals surface area contributed by atoms with Gasteiger partial charge in [0.1, 0.15) is 5.58 Å². The summed E-state index contributed by atoms with van der Waals surface area (Å²) in [6.45, 7) is 0.811. The molecule has 29 heavy (non-hydrogen) atoms. The van der Waals surface area contributed by atoms with Crippen molar-refractivity contribution in [2.45, 2.75) is 6.54 Å². The number of carbonyl (C=O) groups excluding carboxylic acids is 1. The van der Waals surface area contributed by atoms with E-state index in [1.165, 1.54) is 11.3 Å². The van der Waals surface area contributed by atoms with E-state index in [4.69, 9.17) is 32.4 Å². The van der Waals surface area contributed by atoms with Crippen LogP contribution in [0.4, 0.5) is 0 Å². The second-order valence-electron chi connectivity index (χ2n) is 6.13. The molecule has 0 aliphatic rings. The average Bonchev–Trinajstić information content (AvgIpc) is 3.06. The zero-order chi connectivity index (χ0) is 20.5. The normalized spacial score (nSPS) is 12.2. The highest BCUT2D eigenvalue weighted by atomic mass is 35.5. The van der Waals surface area contributed by atoms with Gasteiger partial charge >= 0.3 is 5.91 Å². The molecule has 0 fully saturated rings. The molecular formula is C20H14Cl2N2O4S. The molecule has 4 aromatic rings. The summed E-state index contributed by atoms with van der Waals surface area (Å²) in [5, 5.41) is 1.19. The lowest BCUT2D eigenvalue weighted by Crippen LogP contribution is -2.20. The highest BCUT2D eigenvalue weighted by Gasteiger charge is 2.16. The van der Waals surface area contributed by atoms with Gasteiger partial charge in [-0.1, -0.05) is 46.7 Å². The van der Waals surface area contributed by atoms with E-state index in [0.29, 0.717) is 44.5 Å². The summed E-state index contributed by atoms with van der Waals surface area (Å²) in [6, 6.07) is 11.4. The number of amides is 1. The van der Waals surface area contributed by atoms with Crippen molar-refractivity contribution >= 4 is 61.6 Å². The van der Waals surface area contributed by atoms with Crippen LogP contribution in [-0.4, -0.2) is 24.2 Å². The third-order valence-electron chi connectivity index (χ3n) is 4.30. The Balaban J connectivity index is 1.88. The zero-order valence-electron chi connectivity index (χ0n) is 15.1. The fraction of sp³-hybridized carbons (Fsp3) is 0.150. The molecule has 148 valence electrons. The van der Waals surface area contributed by atoms with Crippen molar-refractivity contribution in [2.24, 2.45) is 4.99 Å². The lowest BCUT2D eigenvalue weighted by molar-refractivity contribution is 0.0971. The number of para-hydroxylation sites is 1. The first-order valence-corrected chi connectivity index (χ1v) is 10.1. The minimum atomic E-state index is -0.659. The van der Waals surface area contributed by atoms with Crippen molar-refractivity contribution in [3.05, 3.63) is 73.3 Å². The Bertz CT molecular complexity index is 1370. The van der Waals surface area contributed by atoms with E-state index in [2.05, 4.69) is 4.99 Å². The van der Waals surface area contributed by atoms with Crippen LogP contribution in [-0.2, 0) is 11.3 Å². The molecule has 2 aromatic heterocycles. The van der Waals surface area contributed by atoms with Crippen LogP contribution in [0.1, 0.15) is 10.6 Å². The summed E-state index contributed by atoms with van der Waals surface area (Å²) in [5.41, 5.74) is 0.702.